The van der Waals surface area contributed by atoms with E-state index in [1.165, 1.54) is 4.90 Å². The maximum atomic E-state index is 11.8. The van der Waals surface area contributed by atoms with Gasteiger partial charge in [0.05, 0.1) is 12.0 Å². The summed E-state index contributed by atoms with van der Waals surface area (Å²) in [5.74, 6) is -1.48. The van der Waals surface area contributed by atoms with Gasteiger partial charge in [-0.3, -0.25) is 9.59 Å². The predicted molar refractivity (Wildman–Crippen MR) is 72.1 cm³/mol. The van der Waals surface area contributed by atoms with E-state index in [1.54, 1.807) is 13.1 Å². The summed E-state index contributed by atoms with van der Waals surface area (Å²) in [6, 6.07) is 5.00. The van der Waals surface area contributed by atoms with Crippen LogP contribution in [0.15, 0.2) is 18.2 Å². The second kappa shape index (κ2) is 5.21. The molecule has 19 heavy (non-hydrogen) atoms. The van der Waals surface area contributed by atoms with Crippen LogP contribution in [0.5, 0.6) is 0 Å². The van der Waals surface area contributed by atoms with E-state index >= 15 is 0 Å². The Morgan fingerprint density at radius 1 is 1.47 bits per heavy atom. The number of benzene rings is 1. The van der Waals surface area contributed by atoms with Gasteiger partial charge in [0.25, 0.3) is 0 Å². The van der Waals surface area contributed by atoms with Gasteiger partial charge in [0.1, 0.15) is 0 Å². The largest absolute Gasteiger partial charge is 0.481 e. The SMILES string of the molecule is Cc1ccc(C2C(C(=O)O)CCC(=O)N2C)cc1Cl. The molecule has 0 spiro atoms. The Balaban J connectivity index is 2.43. The second-order valence-corrected chi connectivity index (χ2v) is 5.35. The molecule has 1 N–H and O–H groups in total. The fourth-order valence-corrected chi connectivity index (χ4v) is 2.73. The van der Waals surface area contributed by atoms with Gasteiger partial charge >= 0.3 is 5.97 Å². The molecule has 0 aliphatic carbocycles. The molecule has 1 heterocycles. The first-order valence-corrected chi connectivity index (χ1v) is 6.54. The van der Waals surface area contributed by atoms with E-state index in [2.05, 4.69) is 0 Å². The Morgan fingerprint density at radius 3 is 2.74 bits per heavy atom. The van der Waals surface area contributed by atoms with Crippen LogP contribution in [0.3, 0.4) is 0 Å². The highest BCUT2D eigenvalue weighted by atomic mass is 35.5. The summed E-state index contributed by atoms with van der Waals surface area (Å²) in [5.41, 5.74) is 1.71. The quantitative estimate of drug-likeness (QED) is 0.907. The van der Waals surface area contributed by atoms with Crippen LogP contribution in [0.2, 0.25) is 5.02 Å². The third-order valence-electron chi connectivity index (χ3n) is 3.72. The van der Waals surface area contributed by atoms with Crippen molar-refractivity contribution in [2.75, 3.05) is 7.05 Å². The van der Waals surface area contributed by atoms with Crippen molar-refractivity contribution in [3.8, 4) is 0 Å². The van der Waals surface area contributed by atoms with Crippen molar-refractivity contribution in [1.29, 1.82) is 0 Å². The number of hydrogen-bond donors (Lipinski definition) is 1. The summed E-state index contributed by atoms with van der Waals surface area (Å²) >= 11 is 6.09. The molecule has 0 bridgehead atoms. The van der Waals surface area contributed by atoms with E-state index < -0.39 is 17.9 Å². The lowest BCUT2D eigenvalue weighted by atomic mass is 9.84. The van der Waals surface area contributed by atoms with Gasteiger partial charge in [-0.1, -0.05) is 23.7 Å². The van der Waals surface area contributed by atoms with E-state index in [4.69, 9.17) is 11.6 Å². The molecule has 1 saturated heterocycles. The first kappa shape index (κ1) is 13.9. The van der Waals surface area contributed by atoms with Crippen molar-refractivity contribution in [2.45, 2.75) is 25.8 Å². The number of aliphatic carboxylic acids is 1. The Bertz CT molecular complexity index is 529. The molecule has 1 aromatic carbocycles. The minimum atomic E-state index is -0.874. The first-order valence-electron chi connectivity index (χ1n) is 6.16. The topological polar surface area (TPSA) is 57.6 Å². The molecular formula is C14H16ClNO3. The lowest BCUT2D eigenvalue weighted by Gasteiger charge is -2.37. The van der Waals surface area contributed by atoms with Crippen LogP contribution in [0.1, 0.15) is 30.0 Å². The Morgan fingerprint density at radius 2 is 2.16 bits per heavy atom. The molecule has 2 unspecified atom stereocenters. The average molecular weight is 282 g/mol. The maximum Gasteiger partial charge on any atom is 0.308 e. The van der Waals surface area contributed by atoms with Crippen molar-refractivity contribution >= 4 is 23.5 Å². The smallest absolute Gasteiger partial charge is 0.308 e. The molecular weight excluding hydrogens is 266 g/mol. The number of nitrogens with zero attached hydrogens (tertiary/aromatic N) is 1. The number of carboxylic acids is 1. The number of piperidine rings is 1. The van der Waals surface area contributed by atoms with Crippen molar-refractivity contribution in [2.24, 2.45) is 5.92 Å². The lowest BCUT2D eigenvalue weighted by Crippen LogP contribution is -2.43. The summed E-state index contributed by atoms with van der Waals surface area (Å²) in [6.45, 7) is 1.89. The second-order valence-electron chi connectivity index (χ2n) is 4.94. The summed E-state index contributed by atoms with van der Waals surface area (Å²) < 4.78 is 0. The monoisotopic (exact) mass is 281 g/mol. The molecule has 102 valence electrons. The number of rotatable bonds is 2. The zero-order valence-electron chi connectivity index (χ0n) is 10.9. The molecule has 1 aliphatic heterocycles. The molecule has 2 rings (SSSR count). The van der Waals surface area contributed by atoms with Crippen molar-refractivity contribution in [1.82, 2.24) is 4.90 Å². The van der Waals surface area contributed by atoms with Gasteiger partial charge in [-0.25, -0.2) is 0 Å². The number of likely N-dealkylation sites (tertiary alicyclic amines) is 1. The highest BCUT2D eigenvalue weighted by Gasteiger charge is 2.38. The zero-order chi connectivity index (χ0) is 14.2. The van der Waals surface area contributed by atoms with Crippen LogP contribution in [-0.4, -0.2) is 28.9 Å². The Labute approximate surface area is 117 Å². The molecule has 1 amide bonds. The van der Waals surface area contributed by atoms with Crippen molar-refractivity contribution < 1.29 is 14.7 Å². The highest BCUT2D eigenvalue weighted by molar-refractivity contribution is 6.31. The third-order valence-corrected chi connectivity index (χ3v) is 4.12. The van der Waals surface area contributed by atoms with Crippen LogP contribution in [0.25, 0.3) is 0 Å². The number of carboxylic acid groups (broad SMARTS) is 1. The lowest BCUT2D eigenvalue weighted by molar-refractivity contribution is -0.150. The fourth-order valence-electron chi connectivity index (χ4n) is 2.55. The third kappa shape index (κ3) is 2.59. The molecule has 2 atom stereocenters. The summed E-state index contributed by atoms with van der Waals surface area (Å²) in [5, 5.41) is 9.92. The molecule has 0 saturated carbocycles. The Kier molecular flexibility index (Phi) is 3.80. The molecule has 1 aliphatic rings. The van der Waals surface area contributed by atoms with Gasteiger partial charge in [-0.2, -0.15) is 0 Å². The van der Waals surface area contributed by atoms with Crippen LogP contribution in [0.4, 0.5) is 0 Å². The summed E-state index contributed by atoms with van der Waals surface area (Å²) in [6.07, 6.45) is 0.651. The normalized spacial score (nSPS) is 23.5. The average Bonchev–Trinajstić information content (AvgIpc) is 2.35. The van der Waals surface area contributed by atoms with Crippen molar-refractivity contribution in [3.63, 3.8) is 0 Å². The maximum absolute atomic E-state index is 11.8. The molecule has 4 nitrogen and oxygen atoms in total. The molecule has 1 fully saturated rings. The number of carbonyl (C=O) groups is 2. The minimum absolute atomic E-state index is 0.0285. The number of amides is 1. The zero-order valence-corrected chi connectivity index (χ0v) is 11.6. The highest BCUT2D eigenvalue weighted by Crippen LogP contribution is 2.37. The molecule has 0 radical (unpaired) electrons. The van der Waals surface area contributed by atoms with Gasteiger partial charge in [0.2, 0.25) is 5.91 Å². The minimum Gasteiger partial charge on any atom is -0.481 e. The van der Waals surface area contributed by atoms with Crippen LogP contribution >= 0.6 is 11.6 Å². The van der Waals surface area contributed by atoms with E-state index in [1.807, 2.05) is 19.1 Å². The first-order chi connectivity index (χ1) is 8.91. The van der Waals surface area contributed by atoms with Crippen molar-refractivity contribution in [3.05, 3.63) is 34.3 Å². The van der Waals surface area contributed by atoms with Gasteiger partial charge < -0.3 is 10.0 Å². The number of halogens is 1. The van der Waals surface area contributed by atoms with Crippen LogP contribution in [-0.2, 0) is 9.59 Å². The predicted octanol–water partition coefficient (Wildman–Crippen LogP) is 2.64. The van der Waals surface area contributed by atoms with E-state index in [0.29, 0.717) is 11.4 Å². The number of hydrogen-bond acceptors (Lipinski definition) is 2. The fraction of sp³-hybridized carbons (Fsp3) is 0.429. The van der Waals surface area contributed by atoms with E-state index in [-0.39, 0.29) is 12.3 Å². The van der Waals surface area contributed by atoms with Gasteiger partial charge in [0, 0.05) is 18.5 Å². The van der Waals surface area contributed by atoms with Gasteiger partial charge in [-0.05, 0) is 30.5 Å². The van der Waals surface area contributed by atoms with Crippen LogP contribution in [0, 0.1) is 12.8 Å². The van der Waals surface area contributed by atoms with E-state index in [0.717, 1.165) is 11.1 Å². The molecule has 5 heteroatoms. The van der Waals surface area contributed by atoms with Crippen LogP contribution < -0.4 is 0 Å². The summed E-state index contributed by atoms with van der Waals surface area (Å²) in [4.78, 5) is 24.7. The molecule has 1 aromatic rings. The number of aryl methyl sites for hydroxylation is 1. The Hall–Kier alpha value is -1.55. The van der Waals surface area contributed by atoms with Gasteiger partial charge in [0.15, 0.2) is 0 Å². The molecule has 0 aromatic heterocycles. The van der Waals surface area contributed by atoms with E-state index in [9.17, 15) is 14.7 Å². The van der Waals surface area contributed by atoms with Gasteiger partial charge in [-0.15, -0.1) is 0 Å². The summed E-state index contributed by atoms with van der Waals surface area (Å²) in [7, 11) is 1.65. The standard InChI is InChI=1S/C14H16ClNO3/c1-8-3-4-9(7-11(8)15)13-10(14(18)19)5-6-12(17)16(13)2/h3-4,7,10,13H,5-6H2,1-2H3,(H,18,19). The number of carbonyl (C=O) groups excluding carboxylic acids is 1.